The second-order valence-electron chi connectivity index (χ2n) is 7.45. The number of nitrogens with one attached hydrogen (secondary N) is 2. The number of carbonyl (C=O) groups is 3. The van der Waals surface area contributed by atoms with E-state index in [1.54, 1.807) is 31.4 Å². The van der Waals surface area contributed by atoms with Gasteiger partial charge in [0, 0.05) is 26.3 Å². The van der Waals surface area contributed by atoms with Gasteiger partial charge >= 0.3 is 6.09 Å². The molecule has 1 aliphatic rings. The van der Waals surface area contributed by atoms with Gasteiger partial charge in [0.25, 0.3) is 0 Å². The molecule has 0 spiro atoms. The summed E-state index contributed by atoms with van der Waals surface area (Å²) in [4.78, 5) is 38.4. The lowest BCUT2D eigenvalue weighted by Crippen LogP contribution is -2.47. The zero-order valence-corrected chi connectivity index (χ0v) is 17.9. The molecule has 2 aromatic carbocycles. The summed E-state index contributed by atoms with van der Waals surface area (Å²) in [5.41, 5.74) is 3.30. The van der Waals surface area contributed by atoms with Gasteiger partial charge in [0.1, 0.15) is 0 Å². The third-order valence-electron chi connectivity index (χ3n) is 4.99. The van der Waals surface area contributed by atoms with Crippen LogP contribution in [-0.4, -0.2) is 49.1 Å². The smallest absolute Gasteiger partial charge is 0.411 e. The number of hydrogen-bond acceptors (Lipinski definition) is 5. The van der Waals surface area contributed by atoms with Crippen molar-refractivity contribution in [2.24, 2.45) is 0 Å². The number of carbonyl (C=O) groups excluding carboxylic acids is 3. The highest BCUT2D eigenvalue weighted by Gasteiger charge is 2.46. The Balaban J connectivity index is 1.86. The van der Waals surface area contributed by atoms with Crippen molar-refractivity contribution in [3.8, 4) is 0 Å². The molecule has 0 bridgehead atoms. The molecule has 1 aliphatic heterocycles. The van der Waals surface area contributed by atoms with E-state index in [0.29, 0.717) is 24.4 Å². The highest BCUT2D eigenvalue weighted by atomic mass is 16.6. The first-order valence-corrected chi connectivity index (χ1v) is 10.1. The fraction of sp³-hybridized carbons (Fsp3) is 0.348. The fourth-order valence-electron chi connectivity index (χ4n) is 3.44. The summed E-state index contributed by atoms with van der Waals surface area (Å²) >= 11 is 0. The Hall–Kier alpha value is -3.39. The average Bonchev–Trinajstić information content (AvgIpc) is 3.06. The van der Waals surface area contributed by atoms with Crippen molar-refractivity contribution in [3.63, 3.8) is 0 Å². The van der Waals surface area contributed by atoms with Crippen LogP contribution in [0.1, 0.15) is 29.7 Å². The summed E-state index contributed by atoms with van der Waals surface area (Å²) in [5, 5.41) is 5.51. The van der Waals surface area contributed by atoms with E-state index < -0.39 is 18.2 Å². The molecule has 0 radical (unpaired) electrons. The highest BCUT2D eigenvalue weighted by Crippen LogP contribution is 2.34. The topological polar surface area (TPSA) is 97.0 Å². The zero-order chi connectivity index (χ0) is 22.4. The lowest BCUT2D eigenvalue weighted by atomic mass is 10.00. The maximum atomic E-state index is 13.0. The Labute approximate surface area is 181 Å². The lowest BCUT2D eigenvalue weighted by molar-refractivity contribution is -0.126. The average molecular weight is 425 g/mol. The van der Waals surface area contributed by atoms with E-state index in [1.807, 2.05) is 31.2 Å². The minimum atomic E-state index is -0.836. The van der Waals surface area contributed by atoms with Gasteiger partial charge in [-0.15, -0.1) is 0 Å². The summed E-state index contributed by atoms with van der Waals surface area (Å²) in [6.45, 7) is 4.35. The largest absolute Gasteiger partial charge is 0.438 e. The van der Waals surface area contributed by atoms with Crippen molar-refractivity contribution < 1.29 is 23.9 Å². The minimum Gasteiger partial charge on any atom is -0.438 e. The molecule has 1 saturated heterocycles. The van der Waals surface area contributed by atoms with Gasteiger partial charge in [0.2, 0.25) is 11.8 Å². The van der Waals surface area contributed by atoms with Gasteiger partial charge in [-0.05, 0) is 30.2 Å². The molecule has 164 valence electrons. The molecule has 0 saturated carbocycles. The molecular formula is C23H27N3O5. The molecule has 2 unspecified atom stereocenters. The van der Waals surface area contributed by atoms with Crippen LogP contribution in [0.4, 0.5) is 10.5 Å². The van der Waals surface area contributed by atoms with Crippen molar-refractivity contribution >= 4 is 23.6 Å². The number of cyclic esters (lactones) is 1. The number of anilines is 1. The van der Waals surface area contributed by atoms with Crippen LogP contribution in [-0.2, 0) is 25.6 Å². The highest BCUT2D eigenvalue weighted by molar-refractivity contribution is 5.90. The van der Waals surface area contributed by atoms with E-state index in [4.69, 9.17) is 9.47 Å². The number of benzene rings is 2. The SMILES string of the molecule is COCCNC(=O)C1C(c2ccc(NC(C)=O)cc2)OC(=O)N1Cc1ccc(C)cc1. The second-order valence-corrected chi connectivity index (χ2v) is 7.45. The summed E-state index contributed by atoms with van der Waals surface area (Å²) in [6, 6.07) is 13.9. The van der Waals surface area contributed by atoms with Crippen LogP contribution in [0.25, 0.3) is 0 Å². The molecule has 2 atom stereocenters. The molecule has 2 N–H and O–H groups in total. The number of nitrogens with zero attached hydrogens (tertiary/aromatic N) is 1. The summed E-state index contributed by atoms with van der Waals surface area (Å²) < 4.78 is 10.6. The third-order valence-corrected chi connectivity index (χ3v) is 4.99. The third kappa shape index (κ3) is 5.61. The predicted octanol–water partition coefficient (Wildman–Crippen LogP) is 2.78. The number of aryl methyl sites for hydroxylation is 1. The van der Waals surface area contributed by atoms with Crippen molar-refractivity contribution in [1.29, 1.82) is 0 Å². The lowest BCUT2D eigenvalue weighted by Gasteiger charge is -2.24. The van der Waals surface area contributed by atoms with Crippen LogP contribution >= 0.6 is 0 Å². The maximum Gasteiger partial charge on any atom is 0.411 e. The molecule has 31 heavy (non-hydrogen) atoms. The first-order chi connectivity index (χ1) is 14.9. The van der Waals surface area contributed by atoms with Crippen molar-refractivity contribution in [1.82, 2.24) is 10.2 Å². The summed E-state index contributed by atoms with van der Waals surface area (Å²) in [5.74, 6) is -0.495. The molecule has 8 heteroatoms. The molecule has 3 amide bonds. The molecule has 0 aromatic heterocycles. The minimum absolute atomic E-state index is 0.181. The van der Waals surface area contributed by atoms with Gasteiger partial charge in [0.15, 0.2) is 12.1 Å². The molecule has 1 heterocycles. The Morgan fingerprint density at radius 2 is 1.77 bits per heavy atom. The van der Waals surface area contributed by atoms with Crippen molar-refractivity contribution in [3.05, 3.63) is 65.2 Å². The van der Waals surface area contributed by atoms with E-state index in [2.05, 4.69) is 10.6 Å². The Bertz CT molecular complexity index is 927. The van der Waals surface area contributed by atoms with Crippen LogP contribution in [0.15, 0.2) is 48.5 Å². The summed E-state index contributed by atoms with van der Waals surface area (Å²) in [7, 11) is 1.55. The van der Waals surface area contributed by atoms with Gasteiger partial charge in [-0.1, -0.05) is 42.0 Å². The van der Waals surface area contributed by atoms with Crippen LogP contribution in [0.5, 0.6) is 0 Å². The molecule has 0 aliphatic carbocycles. The monoisotopic (exact) mass is 425 g/mol. The number of ether oxygens (including phenoxy) is 2. The number of hydrogen-bond donors (Lipinski definition) is 2. The Morgan fingerprint density at radius 1 is 1.10 bits per heavy atom. The fourth-order valence-corrected chi connectivity index (χ4v) is 3.44. The van der Waals surface area contributed by atoms with Gasteiger partial charge in [-0.25, -0.2) is 4.79 Å². The maximum absolute atomic E-state index is 13.0. The predicted molar refractivity (Wildman–Crippen MR) is 115 cm³/mol. The molecule has 1 fully saturated rings. The Morgan fingerprint density at radius 3 is 2.39 bits per heavy atom. The molecule has 8 nitrogen and oxygen atoms in total. The van der Waals surface area contributed by atoms with Crippen molar-refractivity contribution in [2.75, 3.05) is 25.6 Å². The Kier molecular flexibility index (Phi) is 7.25. The zero-order valence-electron chi connectivity index (χ0n) is 17.9. The quantitative estimate of drug-likeness (QED) is 0.634. The first kappa shape index (κ1) is 22.3. The normalized spacial score (nSPS) is 17.9. The summed E-state index contributed by atoms with van der Waals surface area (Å²) in [6.07, 6.45) is -1.32. The van der Waals surface area contributed by atoms with E-state index in [0.717, 1.165) is 11.1 Å². The molecule has 3 rings (SSSR count). The van der Waals surface area contributed by atoms with Crippen LogP contribution in [0.2, 0.25) is 0 Å². The number of methoxy groups -OCH3 is 1. The van der Waals surface area contributed by atoms with Gasteiger partial charge in [0.05, 0.1) is 13.2 Å². The van der Waals surface area contributed by atoms with Crippen LogP contribution < -0.4 is 10.6 Å². The van der Waals surface area contributed by atoms with E-state index in [9.17, 15) is 14.4 Å². The number of amides is 3. The molecule has 2 aromatic rings. The second kappa shape index (κ2) is 10.1. The van der Waals surface area contributed by atoms with E-state index in [1.165, 1.54) is 11.8 Å². The van der Waals surface area contributed by atoms with Crippen LogP contribution in [0, 0.1) is 6.92 Å². The van der Waals surface area contributed by atoms with E-state index >= 15 is 0 Å². The van der Waals surface area contributed by atoms with Crippen molar-refractivity contribution in [2.45, 2.75) is 32.5 Å². The first-order valence-electron chi connectivity index (χ1n) is 10.1. The molecular weight excluding hydrogens is 398 g/mol. The van der Waals surface area contributed by atoms with Gasteiger partial charge in [-0.3, -0.25) is 14.5 Å². The van der Waals surface area contributed by atoms with Crippen LogP contribution in [0.3, 0.4) is 0 Å². The van der Waals surface area contributed by atoms with Gasteiger partial charge < -0.3 is 20.1 Å². The standard InChI is InChI=1S/C23H27N3O5/c1-15-4-6-17(7-5-15)14-26-20(22(28)24-12-13-30-3)21(31-23(26)29)18-8-10-19(11-9-18)25-16(2)27/h4-11,20-21H,12-14H2,1-3H3,(H,24,28)(H,25,27). The van der Waals surface area contributed by atoms with Gasteiger partial charge in [-0.2, -0.15) is 0 Å². The van der Waals surface area contributed by atoms with E-state index in [-0.39, 0.29) is 18.4 Å². The number of rotatable bonds is 8.